The number of nitrogens with one attached hydrogen (secondary N) is 1. The highest BCUT2D eigenvalue weighted by atomic mass is 16.4. The third-order valence-electron chi connectivity index (χ3n) is 2.54. The Kier molecular flexibility index (Phi) is 3.46. The number of hydrogen-bond acceptors (Lipinski definition) is 3. The van der Waals surface area contributed by atoms with Gasteiger partial charge in [-0.05, 0) is 25.8 Å². The number of hydrogen-bond donors (Lipinski definition) is 3. The maximum atomic E-state index is 11.1. The van der Waals surface area contributed by atoms with E-state index in [4.69, 9.17) is 10.8 Å². The molecule has 80 valence electrons. The van der Waals surface area contributed by atoms with Gasteiger partial charge in [-0.2, -0.15) is 0 Å². The van der Waals surface area contributed by atoms with Crippen molar-refractivity contribution in [1.82, 2.24) is 5.32 Å². The van der Waals surface area contributed by atoms with Crippen molar-refractivity contribution >= 4 is 11.9 Å². The first-order chi connectivity index (χ1) is 6.60. The molecule has 0 bridgehead atoms. The van der Waals surface area contributed by atoms with Crippen molar-refractivity contribution in [2.24, 2.45) is 11.1 Å². The van der Waals surface area contributed by atoms with E-state index in [9.17, 15) is 9.59 Å². The van der Waals surface area contributed by atoms with Crippen LogP contribution in [0.25, 0.3) is 0 Å². The van der Waals surface area contributed by atoms with E-state index in [1.165, 1.54) is 0 Å². The average molecular weight is 200 g/mol. The third kappa shape index (κ3) is 2.70. The van der Waals surface area contributed by atoms with Crippen LogP contribution < -0.4 is 11.1 Å². The lowest BCUT2D eigenvalue weighted by Gasteiger charge is -2.10. The van der Waals surface area contributed by atoms with Gasteiger partial charge in [0, 0.05) is 13.0 Å². The van der Waals surface area contributed by atoms with Crippen LogP contribution in [0.15, 0.2) is 0 Å². The minimum atomic E-state index is -0.809. The second-order valence-electron chi connectivity index (χ2n) is 3.75. The molecule has 0 aromatic heterocycles. The molecule has 0 radical (unpaired) electrons. The van der Waals surface area contributed by atoms with E-state index in [1.54, 1.807) is 0 Å². The molecule has 1 aliphatic carbocycles. The van der Waals surface area contributed by atoms with Crippen LogP contribution in [-0.2, 0) is 9.59 Å². The number of carboxylic acids is 1. The predicted molar refractivity (Wildman–Crippen MR) is 50.6 cm³/mol. The van der Waals surface area contributed by atoms with Crippen LogP contribution in [0.4, 0.5) is 0 Å². The standard InChI is InChI=1S/C9H16N2O3/c10-5-1-2-7(12)11-6-9(3-4-9)8(13)14/h1-6,10H2,(H,11,12)(H,13,14). The van der Waals surface area contributed by atoms with E-state index in [0.29, 0.717) is 32.2 Å². The van der Waals surface area contributed by atoms with Crippen molar-refractivity contribution in [3.05, 3.63) is 0 Å². The Morgan fingerprint density at radius 3 is 2.50 bits per heavy atom. The van der Waals surface area contributed by atoms with Gasteiger partial charge in [-0.25, -0.2) is 0 Å². The summed E-state index contributed by atoms with van der Waals surface area (Å²) < 4.78 is 0. The Labute approximate surface area is 82.7 Å². The molecule has 5 heteroatoms. The summed E-state index contributed by atoms with van der Waals surface area (Å²) in [5.74, 6) is -0.917. The van der Waals surface area contributed by atoms with Crippen molar-refractivity contribution < 1.29 is 14.7 Å². The fraction of sp³-hybridized carbons (Fsp3) is 0.778. The molecule has 0 aliphatic heterocycles. The SMILES string of the molecule is NCCCC(=O)NCC1(C(=O)O)CC1. The van der Waals surface area contributed by atoms with E-state index in [2.05, 4.69) is 5.32 Å². The highest BCUT2D eigenvalue weighted by Crippen LogP contribution is 2.45. The topological polar surface area (TPSA) is 92.4 Å². The smallest absolute Gasteiger partial charge is 0.311 e. The Morgan fingerprint density at radius 2 is 2.07 bits per heavy atom. The first kappa shape index (κ1) is 11.0. The maximum absolute atomic E-state index is 11.1. The Hall–Kier alpha value is -1.10. The molecule has 0 atom stereocenters. The van der Waals surface area contributed by atoms with Crippen molar-refractivity contribution in [2.75, 3.05) is 13.1 Å². The second-order valence-corrected chi connectivity index (χ2v) is 3.75. The molecular formula is C9H16N2O3. The van der Waals surface area contributed by atoms with Crippen molar-refractivity contribution in [3.63, 3.8) is 0 Å². The first-order valence-corrected chi connectivity index (χ1v) is 4.81. The number of carbonyl (C=O) groups is 2. The fourth-order valence-corrected chi connectivity index (χ4v) is 1.24. The van der Waals surface area contributed by atoms with Crippen molar-refractivity contribution in [1.29, 1.82) is 0 Å². The molecule has 0 saturated heterocycles. The van der Waals surface area contributed by atoms with Gasteiger partial charge < -0.3 is 16.2 Å². The molecule has 0 aromatic carbocycles. The minimum absolute atomic E-state index is 0.108. The number of aliphatic carboxylic acids is 1. The maximum Gasteiger partial charge on any atom is 0.311 e. The molecule has 14 heavy (non-hydrogen) atoms. The summed E-state index contributed by atoms with van der Waals surface area (Å²) in [6.07, 6.45) is 2.36. The monoisotopic (exact) mass is 200 g/mol. The van der Waals surface area contributed by atoms with Gasteiger partial charge in [0.2, 0.25) is 5.91 Å². The summed E-state index contributed by atoms with van der Waals surface area (Å²) in [4.78, 5) is 21.9. The summed E-state index contributed by atoms with van der Waals surface area (Å²) in [7, 11) is 0. The van der Waals surface area contributed by atoms with E-state index in [1.807, 2.05) is 0 Å². The van der Waals surface area contributed by atoms with Gasteiger partial charge in [-0.15, -0.1) is 0 Å². The summed E-state index contributed by atoms with van der Waals surface area (Å²) in [6, 6.07) is 0. The number of amides is 1. The first-order valence-electron chi connectivity index (χ1n) is 4.81. The molecule has 0 unspecified atom stereocenters. The third-order valence-corrected chi connectivity index (χ3v) is 2.54. The average Bonchev–Trinajstić information content (AvgIpc) is 2.92. The summed E-state index contributed by atoms with van der Waals surface area (Å²) in [5, 5.41) is 11.4. The van der Waals surface area contributed by atoms with Crippen LogP contribution in [0.1, 0.15) is 25.7 Å². The Bertz CT molecular complexity index is 236. The van der Waals surface area contributed by atoms with Gasteiger partial charge in [0.15, 0.2) is 0 Å². The normalized spacial score (nSPS) is 17.5. The van der Waals surface area contributed by atoms with Gasteiger partial charge in [0.1, 0.15) is 0 Å². The van der Waals surface area contributed by atoms with Gasteiger partial charge >= 0.3 is 5.97 Å². The number of carbonyl (C=O) groups excluding carboxylic acids is 1. The highest BCUT2D eigenvalue weighted by molar-refractivity contribution is 5.80. The molecular weight excluding hydrogens is 184 g/mol. The van der Waals surface area contributed by atoms with Gasteiger partial charge in [-0.3, -0.25) is 9.59 Å². The summed E-state index contributed by atoms with van der Waals surface area (Å²) >= 11 is 0. The van der Waals surface area contributed by atoms with Gasteiger partial charge in [-0.1, -0.05) is 0 Å². The lowest BCUT2D eigenvalue weighted by molar-refractivity contribution is -0.143. The predicted octanol–water partition coefficient (Wildman–Crippen LogP) is -0.294. The molecule has 1 amide bonds. The Morgan fingerprint density at radius 1 is 1.43 bits per heavy atom. The molecule has 0 heterocycles. The van der Waals surface area contributed by atoms with Crippen LogP contribution >= 0.6 is 0 Å². The van der Waals surface area contributed by atoms with Crippen LogP contribution in [0.2, 0.25) is 0 Å². The largest absolute Gasteiger partial charge is 0.481 e. The van der Waals surface area contributed by atoms with Crippen LogP contribution in [0.3, 0.4) is 0 Å². The van der Waals surface area contributed by atoms with Crippen LogP contribution in [0.5, 0.6) is 0 Å². The van der Waals surface area contributed by atoms with Crippen LogP contribution in [0, 0.1) is 5.41 Å². The van der Waals surface area contributed by atoms with Crippen molar-refractivity contribution in [2.45, 2.75) is 25.7 Å². The quantitative estimate of drug-likeness (QED) is 0.549. The molecule has 4 N–H and O–H groups in total. The number of rotatable bonds is 6. The molecule has 5 nitrogen and oxygen atoms in total. The van der Waals surface area contributed by atoms with Crippen molar-refractivity contribution in [3.8, 4) is 0 Å². The number of carboxylic acid groups (broad SMARTS) is 1. The molecule has 0 spiro atoms. The van der Waals surface area contributed by atoms with Crippen LogP contribution in [-0.4, -0.2) is 30.1 Å². The zero-order valence-corrected chi connectivity index (χ0v) is 8.08. The molecule has 0 aromatic rings. The van der Waals surface area contributed by atoms with E-state index >= 15 is 0 Å². The Balaban J connectivity index is 2.20. The van der Waals surface area contributed by atoms with E-state index in [0.717, 1.165) is 0 Å². The molecule has 1 fully saturated rings. The molecule has 1 saturated carbocycles. The van der Waals surface area contributed by atoms with E-state index < -0.39 is 11.4 Å². The minimum Gasteiger partial charge on any atom is -0.481 e. The summed E-state index contributed by atoms with van der Waals surface area (Å²) in [6.45, 7) is 0.739. The highest BCUT2D eigenvalue weighted by Gasteiger charge is 2.50. The summed E-state index contributed by atoms with van der Waals surface area (Å²) in [5.41, 5.74) is 4.58. The van der Waals surface area contributed by atoms with E-state index in [-0.39, 0.29) is 12.5 Å². The molecule has 1 aliphatic rings. The second kappa shape index (κ2) is 4.41. The number of nitrogens with two attached hydrogens (primary N) is 1. The lowest BCUT2D eigenvalue weighted by atomic mass is 10.1. The zero-order chi connectivity index (χ0) is 10.6. The zero-order valence-electron chi connectivity index (χ0n) is 8.08. The molecule has 1 rings (SSSR count). The fourth-order valence-electron chi connectivity index (χ4n) is 1.24. The van der Waals surface area contributed by atoms with Gasteiger partial charge in [0.05, 0.1) is 5.41 Å². The van der Waals surface area contributed by atoms with Gasteiger partial charge in [0.25, 0.3) is 0 Å². The lowest BCUT2D eigenvalue weighted by Crippen LogP contribution is -2.34.